The topological polar surface area (TPSA) is 32.5 Å². The van der Waals surface area contributed by atoms with Gasteiger partial charge in [-0.25, -0.2) is 0 Å². The van der Waals surface area contributed by atoms with E-state index in [-0.39, 0.29) is 0 Å². The van der Waals surface area contributed by atoms with Gasteiger partial charge in [0.2, 0.25) is 0 Å². The van der Waals surface area contributed by atoms with E-state index in [1.807, 2.05) is 11.8 Å². The summed E-state index contributed by atoms with van der Waals surface area (Å²) < 4.78 is 0. The van der Waals surface area contributed by atoms with Crippen LogP contribution in [0.15, 0.2) is 0 Å². The molecule has 0 amide bonds. The standard InChI is InChI=1S/C14H29N3S/c1-18-10-3-6-13(11-15)17-9-4-8-16-7-2-5-14(16)12-17/h13-14H,2-12,15H2,1H3. The van der Waals surface area contributed by atoms with Crippen molar-refractivity contribution >= 4 is 11.8 Å². The van der Waals surface area contributed by atoms with Crippen LogP contribution in [0.5, 0.6) is 0 Å². The first-order valence-corrected chi connectivity index (χ1v) is 8.91. The van der Waals surface area contributed by atoms with Crippen molar-refractivity contribution in [3.63, 3.8) is 0 Å². The van der Waals surface area contributed by atoms with Crippen LogP contribution in [0.3, 0.4) is 0 Å². The summed E-state index contributed by atoms with van der Waals surface area (Å²) in [6.07, 6.45) is 8.92. The summed E-state index contributed by atoms with van der Waals surface area (Å²) in [5.74, 6) is 1.28. The lowest BCUT2D eigenvalue weighted by Gasteiger charge is -2.32. The van der Waals surface area contributed by atoms with Crippen LogP contribution in [0.25, 0.3) is 0 Å². The first kappa shape index (κ1) is 14.6. The number of hydrogen-bond donors (Lipinski definition) is 1. The SMILES string of the molecule is CSCCCC(CN)N1CCCN2CCCC2C1. The molecule has 3 nitrogen and oxygen atoms in total. The molecular weight excluding hydrogens is 242 g/mol. The first-order chi connectivity index (χ1) is 8.85. The van der Waals surface area contributed by atoms with Gasteiger partial charge in [-0.15, -0.1) is 0 Å². The lowest BCUT2D eigenvalue weighted by Crippen LogP contribution is -2.45. The molecule has 106 valence electrons. The lowest BCUT2D eigenvalue weighted by atomic mass is 10.1. The number of hydrogen-bond acceptors (Lipinski definition) is 4. The van der Waals surface area contributed by atoms with Gasteiger partial charge in [0.25, 0.3) is 0 Å². The third-order valence-electron chi connectivity index (χ3n) is 4.51. The average molecular weight is 271 g/mol. The van der Waals surface area contributed by atoms with Gasteiger partial charge < -0.3 is 5.73 Å². The van der Waals surface area contributed by atoms with E-state index in [0.29, 0.717) is 6.04 Å². The highest BCUT2D eigenvalue weighted by molar-refractivity contribution is 7.98. The van der Waals surface area contributed by atoms with Crippen LogP contribution in [0.1, 0.15) is 32.1 Å². The minimum absolute atomic E-state index is 0.623. The van der Waals surface area contributed by atoms with Gasteiger partial charge in [-0.05, 0) is 63.7 Å². The number of nitrogens with zero attached hydrogens (tertiary/aromatic N) is 2. The van der Waals surface area contributed by atoms with Crippen LogP contribution in [-0.4, -0.2) is 66.6 Å². The predicted octanol–water partition coefficient (Wildman–Crippen LogP) is 1.63. The van der Waals surface area contributed by atoms with E-state index in [1.165, 1.54) is 64.0 Å². The van der Waals surface area contributed by atoms with Crippen LogP contribution in [0, 0.1) is 0 Å². The minimum Gasteiger partial charge on any atom is -0.329 e. The van der Waals surface area contributed by atoms with E-state index >= 15 is 0 Å². The van der Waals surface area contributed by atoms with Gasteiger partial charge in [-0.3, -0.25) is 9.80 Å². The lowest BCUT2D eigenvalue weighted by molar-refractivity contribution is 0.168. The maximum atomic E-state index is 6.01. The fourth-order valence-corrected chi connectivity index (χ4v) is 3.93. The van der Waals surface area contributed by atoms with Crippen molar-refractivity contribution in [3.05, 3.63) is 0 Å². The molecule has 2 heterocycles. The van der Waals surface area contributed by atoms with E-state index in [4.69, 9.17) is 5.73 Å². The highest BCUT2D eigenvalue weighted by Crippen LogP contribution is 2.23. The Bertz CT molecular complexity index is 237. The van der Waals surface area contributed by atoms with Gasteiger partial charge in [0.05, 0.1) is 0 Å². The van der Waals surface area contributed by atoms with E-state index in [1.54, 1.807) is 0 Å². The van der Waals surface area contributed by atoms with E-state index < -0.39 is 0 Å². The second-order valence-corrected chi connectivity index (χ2v) is 6.69. The maximum Gasteiger partial charge on any atom is 0.0223 e. The van der Waals surface area contributed by atoms with Crippen LogP contribution < -0.4 is 5.73 Å². The van der Waals surface area contributed by atoms with E-state index in [0.717, 1.165) is 12.6 Å². The van der Waals surface area contributed by atoms with E-state index in [9.17, 15) is 0 Å². The fraction of sp³-hybridized carbons (Fsp3) is 1.00. The fourth-order valence-electron chi connectivity index (χ4n) is 3.48. The molecule has 0 spiro atoms. The van der Waals surface area contributed by atoms with Gasteiger partial charge in [0.15, 0.2) is 0 Å². The molecule has 2 rings (SSSR count). The van der Waals surface area contributed by atoms with Crippen LogP contribution >= 0.6 is 11.8 Å². The van der Waals surface area contributed by atoms with Gasteiger partial charge in [0, 0.05) is 25.2 Å². The zero-order valence-corrected chi connectivity index (χ0v) is 12.6. The second-order valence-electron chi connectivity index (χ2n) is 5.71. The maximum absolute atomic E-state index is 6.01. The largest absolute Gasteiger partial charge is 0.329 e. The summed E-state index contributed by atoms with van der Waals surface area (Å²) in [5, 5.41) is 0. The quantitative estimate of drug-likeness (QED) is 0.744. The summed E-state index contributed by atoms with van der Waals surface area (Å²) in [6, 6.07) is 1.44. The molecule has 2 N–H and O–H groups in total. The Morgan fingerprint density at radius 2 is 2.11 bits per heavy atom. The number of fused-ring (bicyclic) bond motifs is 1. The summed E-state index contributed by atoms with van der Waals surface area (Å²) in [7, 11) is 0. The molecule has 2 atom stereocenters. The van der Waals surface area contributed by atoms with Crippen molar-refractivity contribution in [1.29, 1.82) is 0 Å². The molecule has 0 aliphatic carbocycles. The molecule has 2 saturated heterocycles. The number of nitrogens with two attached hydrogens (primary N) is 1. The third kappa shape index (κ3) is 3.86. The summed E-state index contributed by atoms with van der Waals surface area (Å²) in [6.45, 7) is 6.00. The molecule has 0 bridgehead atoms. The van der Waals surface area contributed by atoms with Gasteiger partial charge in [0.1, 0.15) is 0 Å². The molecule has 2 aliphatic rings. The number of rotatable bonds is 6. The zero-order valence-electron chi connectivity index (χ0n) is 11.8. The van der Waals surface area contributed by atoms with Crippen molar-refractivity contribution in [1.82, 2.24) is 9.80 Å². The van der Waals surface area contributed by atoms with E-state index in [2.05, 4.69) is 16.1 Å². The summed E-state index contributed by atoms with van der Waals surface area (Å²) in [4.78, 5) is 5.39. The van der Waals surface area contributed by atoms with Gasteiger partial charge in [-0.1, -0.05) is 0 Å². The van der Waals surface area contributed by atoms with Crippen LogP contribution in [0.4, 0.5) is 0 Å². The Labute approximate surface area is 116 Å². The monoisotopic (exact) mass is 271 g/mol. The van der Waals surface area contributed by atoms with Crippen LogP contribution in [-0.2, 0) is 0 Å². The Kier molecular flexibility index (Phi) is 6.29. The molecule has 2 unspecified atom stereocenters. The van der Waals surface area contributed by atoms with Crippen LogP contribution in [0.2, 0.25) is 0 Å². The summed E-state index contributed by atoms with van der Waals surface area (Å²) >= 11 is 1.95. The Balaban J connectivity index is 1.84. The smallest absolute Gasteiger partial charge is 0.0223 e. The molecule has 0 aromatic heterocycles. The van der Waals surface area contributed by atoms with Gasteiger partial charge >= 0.3 is 0 Å². The molecule has 4 heteroatoms. The molecule has 0 radical (unpaired) electrons. The highest BCUT2D eigenvalue weighted by atomic mass is 32.2. The predicted molar refractivity (Wildman–Crippen MR) is 81.2 cm³/mol. The normalized spacial score (nSPS) is 28.0. The summed E-state index contributed by atoms with van der Waals surface area (Å²) in [5.41, 5.74) is 6.01. The van der Waals surface area contributed by atoms with Crippen molar-refractivity contribution in [2.24, 2.45) is 5.73 Å². The molecule has 2 aliphatic heterocycles. The molecule has 0 saturated carbocycles. The van der Waals surface area contributed by atoms with Crippen molar-refractivity contribution in [2.75, 3.05) is 44.7 Å². The average Bonchev–Trinajstić information content (AvgIpc) is 2.73. The van der Waals surface area contributed by atoms with Gasteiger partial charge in [-0.2, -0.15) is 11.8 Å². The Morgan fingerprint density at radius 1 is 1.28 bits per heavy atom. The van der Waals surface area contributed by atoms with Crippen molar-refractivity contribution in [3.8, 4) is 0 Å². The third-order valence-corrected chi connectivity index (χ3v) is 5.21. The Hall–Kier alpha value is 0.230. The second kappa shape index (κ2) is 7.73. The van der Waals surface area contributed by atoms with Crippen molar-refractivity contribution in [2.45, 2.75) is 44.2 Å². The number of thioether (sulfide) groups is 1. The molecule has 0 aromatic carbocycles. The molecule has 2 fully saturated rings. The molecule has 0 aromatic rings. The minimum atomic E-state index is 0.623. The molecular formula is C14H29N3S. The van der Waals surface area contributed by atoms with Crippen molar-refractivity contribution < 1.29 is 0 Å². The first-order valence-electron chi connectivity index (χ1n) is 7.52. The molecule has 18 heavy (non-hydrogen) atoms. The zero-order chi connectivity index (χ0) is 12.8. The Morgan fingerprint density at radius 3 is 2.89 bits per heavy atom. The highest BCUT2D eigenvalue weighted by Gasteiger charge is 2.30.